The molecule has 1 N–H and O–H groups in total. The van der Waals surface area contributed by atoms with E-state index in [0.29, 0.717) is 5.54 Å². The monoisotopic (exact) mass is 308 g/mol. The third-order valence-electron chi connectivity index (χ3n) is 4.33. The van der Waals surface area contributed by atoms with E-state index in [-0.39, 0.29) is 6.04 Å². The van der Waals surface area contributed by atoms with E-state index >= 15 is 0 Å². The van der Waals surface area contributed by atoms with Gasteiger partial charge in [0.15, 0.2) is 5.17 Å². The van der Waals surface area contributed by atoms with E-state index in [1.807, 2.05) is 30.0 Å². The lowest BCUT2D eigenvalue weighted by molar-refractivity contribution is 0.303. The fourth-order valence-corrected chi connectivity index (χ4v) is 4.72. The maximum atomic E-state index is 6.25. The average molecular weight is 309 g/mol. The number of hydrogen-bond acceptors (Lipinski definition) is 2. The summed E-state index contributed by atoms with van der Waals surface area (Å²) in [5, 5.41) is 5.60. The first kappa shape index (κ1) is 14.3. The zero-order chi connectivity index (χ0) is 14.0. The molecule has 2 aliphatic rings. The van der Waals surface area contributed by atoms with E-state index in [2.05, 4.69) is 18.3 Å². The minimum Gasteiger partial charge on any atom is -0.359 e. The maximum absolute atomic E-state index is 6.25. The Morgan fingerprint density at radius 2 is 2.00 bits per heavy atom. The number of aliphatic imine (C=N–C) groups is 1. The van der Waals surface area contributed by atoms with Crippen LogP contribution in [0.4, 0.5) is 0 Å². The summed E-state index contributed by atoms with van der Waals surface area (Å²) < 4.78 is 0. The van der Waals surface area contributed by atoms with Crippen LogP contribution in [-0.4, -0.2) is 16.5 Å². The quantitative estimate of drug-likeness (QED) is 0.849. The summed E-state index contributed by atoms with van der Waals surface area (Å²) in [6.07, 6.45) is 6.66. The first-order valence-corrected chi connectivity index (χ1v) is 8.78. The number of halogens is 1. The number of nitrogens with zero attached hydrogens (tertiary/aromatic N) is 1. The number of amidine groups is 1. The molecule has 2 nitrogen and oxygen atoms in total. The lowest BCUT2D eigenvalue weighted by atomic mass is 9.83. The van der Waals surface area contributed by atoms with Crippen LogP contribution in [0.3, 0.4) is 0 Å². The van der Waals surface area contributed by atoms with Crippen LogP contribution in [0.1, 0.15) is 50.6 Å². The van der Waals surface area contributed by atoms with Gasteiger partial charge in [-0.3, -0.25) is 4.99 Å². The molecule has 0 aromatic heterocycles. The van der Waals surface area contributed by atoms with Crippen LogP contribution in [0.5, 0.6) is 0 Å². The molecule has 20 heavy (non-hydrogen) atoms. The maximum Gasteiger partial charge on any atom is 0.157 e. The Labute approximate surface area is 130 Å². The van der Waals surface area contributed by atoms with Crippen molar-refractivity contribution in [3.63, 3.8) is 0 Å². The lowest BCUT2D eigenvalue weighted by Gasteiger charge is -2.32. The molecule has 4 heteroatoms. The Bertz CT molecular complexity index is 509. The normalized spacial score (nSPS) is 24.8. The zero-order valence-corrected chi connectivity index (χ0v) is 13.4. The fraction of sp³-hybridized carbons (Fsp3) is 0.562. The van der Waals surface area contributed by atoms with Gasteiger partial charge in [0, 0.05) is 16.3 Å². The molecule has 1 saturated carbocycles. The van der Waals surface area contributed by atoms with E-state index < -0.39 is 0 Å². The number of rotatable bonds is 2. The third-order valence-corrected chi connectivity index (χ3v) is 5.86. The molecule has 0 bridgehead atoms. The highest BCUT2D eigenvalue weighted by molar-refractivity contribution is 8.14. The highest BCUT2D eigenvalue weighted by Crippen LogP contribution is 2.37. The summed E-state index contributed by atoms with van der Waals surface area (Å²) in [4.78, 5) is 4.84. The van der Waals surface area contributed by atoms with E-state index in [0.717, 1.165) is 15.8 Å². The number of thioether (sulfide) groups is 1. The Morgan fingerprint density at radius 1 is 1.25 bits per heavy atom. The lowest BCUT2D eigenvalue weighted by Crippen LogP contribution is -2.45. The van der Waals surface area contributed by atoms with Gasteiger partial charge in [-0.1, -0.05) is 60.8 Å². The minimum absolute atomic E-state index is 0.109. The third kappa shape index (κ3) is 2.99. The van der Waals surface area contributed by atoms with E-state index in [9.17, 15) is 0 Å². The smallest absolute Gasteiger partial charge is 0.157 e. The fourth-order valence-electron chi connectivity index (χ4n) is 3.13. The molecular weight excluding hydrogens is 288 g/mol. The second kappa shape index (κ2) is 5.98. The molecule has 1 atom stereocenters. The molecule has 1 aliphatic carbocycles. The van der Waals surface area contributed by atoms with Crippen LogP contribution in [0.15, 0.2) is 29.3 Å². The Kier molecular flexibility index (Phi) is 4.27. The molecule has 0 radical (unpaired) electrons. The molecule has 2 fully saturated rings. The molecule has 1 heterocycles. The van der Waals surface area contributed by atoms with Crippen molar-refractivity contribution in [1.82, 2.24) is 5.32 Å². The molecule has 3 rings (SSSR count). The van der Waals surface area contributed by atoms with Crippen LogP contribution < -0.4 is 5.32 Å². The predicted octanol–water partition coefficient (Wildman–Crippen LogP) is 4.80. The summed E-state index contributed by atoms with van der Waals surface area (Å²) in [7, 11) is 0. The standard InChI is InChI=1S/C16H21ClN2S/c1-12(13-7-3-4-8-14(13)17)18-15-19-16(11-20-15)9-5-2-6-10-16/h3-4,7-8,12H,2,5-6,9-11H2,1H3,(H,18,19). The van der Waals surface area contributed by atoms with Gasteiger partial charge < -0.3 is 5.32 Å². The van der Waals surface area contributed by atoms with E-state index in [4.69, 9.17) is 16.6 Å². The molecular formula is C16H21ClN2S. The van der Waals surface area contributed by atoms with E-state index in [1.165, 1.54) is 37.9 Å². The van der Waals surface area contributed by atoms with Gasteiger partial charge in [0.25, 0.3) is 0 Å². The summed E-state index contributed by atoms with van der Waals surface area (Å²) in [6.45, 7) is 2.11. The van der Waals surface area contributed by atoms with Gasteiger partial charge in [0.2, 0.25) is 0 Å². The van der Waals surface area contributed by atoms with Crippen molar-refractivity contribution < 1.29 is 0 Å². The van der Waals surface area contributed by atoms with Crippen molar-refractivity contribution in [2.75, 3.05) is 5.75 Å². The summed E-state index contributed by atoms with van der Waals surface area (Å²) >= 11 is 8.12. The van der Waals surface area contributed by atoms with Gasteiger partial charge in [-0.15, -0.1) is 0 Å². The van der Waals surface area contributed by atoms with Crippen molar-refractivity contribution in [3.8, 4) is 0 Å². The van der Waals surface area contributed by atoms with Crippen LogP contribution >= 0.6 is 23.4 Å². The minimum atomic E-state index is 0.109. The van der Waals surface area contributed by atoms with Crippen molar-refractivity contribution >= 4 is 28.5 Å². The van der Waals surface area contributed by atoms with Gasteiger partial charge in [-0.05, 0) is 31.4 Å². The van der Waals surface area contributed by atoms with Crippen molar-refractivity contribution in [3.05, 3.63) is 34.9 Å². The molecule has 1 aromatic rings. The second-order valence-corrected chi connectivity index (χ2v) is 7.26. The molecule has 1 aromatic carbocycles. The first-order chi connectivity index (χ1) is 9.69. The van der Waals surface area contributed by atoms with E-state index in [1.54, 1.807) is 0 Å². The molecule has 0 amide bonds. The Morgan fingerprint density at radius 3 is 2.75 bits per heavy atom. The van der Waals surface area contributed by atoms with Crippen LogP contribution in [0.2, 0.25) is 5.02 Å². The Hall–Kier alpha value is -0.670. The van der Waals surface area contributed by atoms with Crippen molar-refractivity contribution in [2.24, 2.45) is 4.99 Å². The Balaban J connectivity index is 1.72. The SMILES string of the molecule is CC(N=C1NC2(CCCCC2)CS1)c1ccccc1Cl. The molecule has 1 unspecified atom stereocenters. The first-order valence-electron chi connectivity index (χ1n) is 7.42. The average Bonchev–Trinajstić information content (AvgIpc) is 2.82. The summed E-state index contributed by atoms with van der Waals surface area (Å²) in [6, 6.07) is 8.09. The predicted molar refractivity (Wildman–Crippen MR) is 88.7 cm³/mol. The summed E-state index contributed by atoms with van der Waals surface area (Å²) in [5.74, 6) is 1.17. The number of nitrogens with one attached hydrogen (secondary N) is 1. The topological polar surface area (TPSA) is 24.4 Å². The van der Waals surface area contributed by atoms with Crippen LogP contribution in [-0.2, 0) is 0 Å². The van der Waals surface area contributed by atoms with Gasteiger partial charge in [-0.25, -0.2) is 0 Å². The largest absolute Gasteiger partial charge is 0.359 e. The zero-order valence-electron chi connectivity index (χ0n) is 11.9. The van der Waals surface area contributed by atoms with Crippen molar-refractivity contribution in [2.45, 2.75) is 50.6 Å². The molecule has 1 saturated heterocycles. The summed E-state index contributed by atoms with van der Waals surface area (Å²) in [5.41, 5.74) is 1.43. The second-order valence-electron chi connectivity index (χ2n) is 5.89. The van der Waals surface area contributed by atoms with Crippen LogP contribution in [0.25, 0.3) is 0 Å². The van der Waals surface area contributed by atoms with Gasteiger partial charge in [0.1, 0.15) is 0 Å². The van der Waals surface area contributed by atoms with Gasteiger partial charge in [0.05, 0.1) is 6.04 Å². The number of benzene rings is 1. The molecule has 108 valence electrons. The molecule has 1 spiro atoms. The van der Waals surface area contributed by atoms with Gasteiger partial charge in [-0.2, -0.15) is 0 Å². The number of hydrogen-bond donors (Lipinski definition) is 1. The molecule has 1 aliphatic heterocycles. The van der Waals surface area contributed by atoms with Crippen LogP contribution in [0, 0.1) is 0 Å². The highest BCUT2D eigenvalue weighted by atomic mass is 35.5. The van der Waals surface area contributed by atoms with Crippen molar-refractivity contribution in [1.29, 1.82) is 0 Å². The highest BCUT2D eigenvalue weighted by Gasteiger charge is 2.38. The van der Waals surface area contributed by atoms with Gasteiger partial charge >= 0.3 is 0 Å².